The van der Waals surface area contributed by atoms with Gasteiger partial charge in [0, 0.05) is 23.2 Å². The number of amides is 1. The summed E-state index contributed by atoms with van der Waals surface area (Å²) in [5.41, 5.74) is 3.85. The zero-order chi connectivity index (χ0) is 16.5. The summed E-state index contributed by atoms with van der Waals surface area (Å²) in [7, 11) is 0. The average molecular weight is 338 g/mol. The van der Waals surface area contributed by atoms with E-state index in [1.807, 2.05) is 28.5 Å². The second kappa shape index (κ2) is 6.17. The van der Waals surface area contributed by atoms with Gasteiger partial charge in [-0.15, -0.1) is 11.3 Å². The molecule has 120 valence electrons. The Morgan fingerprint density at radius 2 is 1.96 bits per heavy atom. The second-order valence-electron chi connectivity index (χ2n) is 5.75. The number of fused-ring (bicyclic) bond motifs is 1. The van der Waals surface area contributed by atoms with Crippen LogP contribution in [-0.2, 0) is 17.6 Å². The zero-order valence-electron chi connectivity index (χ0n) is 12.9. The predicted octanol–water partition coefficient (Wildman–Crippen LogP) is 4.08. The van der Waals surface area contributed by atoms with E-state index in [0.29, 0.717) is 0 Å². The van der Waals surface area contributed by atoms with Crippen molar-refractivity contribution in [2.24, 2.45) is 0 Å². The van der Waals surface area contributed by atoms with Gasteiger partial charge < -0.3 is 4.90 Å². The number of para-hydroxylation sites is 1. The van der Waals surface area contributed by atoms with Crippen LogP contribution in [0.1, 0.15) is 11.3 Å². The molecule has 1 amide bonds. The van der Waals surface area contributed by atoms with E-state index in [-0.39, 0.29) is 18.1 Å². The van der Waals surface area contributed by atoms with Crippen LogP contribution in [-0.4, -0.2) is 17.4 Å². The molecule has 0 spiro atoms. The van der Waals surface area contributed by atoms with Crippen molar-refractivity contribution in [3.8, 4) is 10.6 Å². The molecule has 2 heterocycles. The van der Waals surface area contributed by atoms with Crippen LogP contribution in [0.25, 0.3) is 10.6 Å². The largest absolute Gasteiger partial charge is 0.311 e. The molecule has 0 aliphatic carbocycles. The number of hydrogen-bond acceptors (Lipinski definition) is 3. The number of thiazole rings is 1. The van der Waals surface area contributed by atoms with Crippen LogP contribution in [0.15, 0.2) is 53.9 Å². The summed E-state index contributed by atoms with van der Waals surface area (Å²) in [4.78, 5) is 19.0. The van der Waals surface area contributed by atoms with E-state index in [9.17, 15) is 9.18 Å². The maximum Gasteiger partial charge on any atom is 0.233 e. The highest BCUT2D eigenvalue weighted by molar-refractivity contribution is 7.13. The Bertz CT molecular complexity index is 888. The first-order valence-corrected chi connectivity index (χ1v) is 8.67. The van der Waals surface area contributed by atoms with Crippen LogP contribution in [0.4, 0.5) is 10.1 Å². The number of halogens is 1. The Hall–Kier alpha value is -2.53. The van der Waals surface area contributed by atoms with Gasteiger partial charge in [0.1, 0.15) is 10.8 Å². The van der Waals surface area contributed by atoms with Crippen molar-refractivity contribution in [3.05, 3.63) is 71.0 Å². The van der Waals surface area contributed by atoms with E-state index in [2.05, 4.69) is 11.1 Å². The molecule has 1 aromatic heterocycles. The molecule has 3 aromatic rings. The summed E-state index contributed by atoms with van der Waals surface area (Å²) in [5.74, 6) is -0.200. The van der Waals surface area contributed by atoms with Crippen LogP contribution in [0.2, 0.25) is 0 Å². The van der Waals surface area contributed by atoms with Crippen LogP contribution >= 0.6 is 11.3 Å². The SMILES string of the molecule is O=C(Cc1csc(-c2ccc(F)cc2)n1)N1CCc2ccccc21. The molecule has 0 saturated heterocycles. The Labute approximate surface area is 143 Å². The summed E-state index contributed by atoms with van der Waals surface area (Å²) in [6.45, 7) is 0.729. The van der Waals surface area contributed by atoms with Crippen molar-refractivity contribution in [3.63, 3.8) is 0 Å². The number of anilines is 1. The van der Waals surface area contributed by atoms with Gasteiger partial charge in [-0.25, -0.2) is 9.37 Å². The monoisotopic (exact) mass is 338 g/mol. The molecular weight excluding hydrogens is 323 g/mol. The number of nitrogens with zero attached hydrogens (tertiary/aromatic N) is 2. The molecule has 0 radical (unpaired) electrons. The molecule has 0 unspecified atom stereocenters. The van der Waals surface area contributed by atoms with Crippen LogP contribution < -0.4 is 4.90 Å². The number of hydrogen-bond donors (Lipinski definition) is 0. The molecule has 0 N–H and O–H groups in total. The summed E-state index contributed by atoms with van der Waals surface area (Å²) >= 11 is 1.47. The van der Waals surface area contributed by atoms with Crippen molar-refractivity contribution in [2.45, 2.75) is 12.8 Å². The van der Waals surface area contributed by atoms with E-state index in [4.69, 9.17) is 0 Å². The summed E-state index contributed by atoms with van der Waals surface area (Å²) < 4.78 is 13.0. The standard InChI is InChI=1S/C19H15FN2OS/c20-15-7-5-14(6-8-15)19-21-16(12-24-19)11-18(23)22-10-9-13-3-1-2-4-17(13)22/h1-8,12H,9-11H2. The van der Waals surface area contributed by atoms with Gasteiger partial charge in [-0.3, -0.25) is 4.79 Å². The highest BCUT2D eigenvalue weighted by atomic mass is 32.1. The van der Waals surface area contributed by atoms with E-state index < -0.39 is 0 Å². The lowest BCUT2D eigenvalue weighted by Gasteiger charge is -2.16. The molecule has 0 saturated carbocycles. The van der Waals surface area contributed by atoms with Crippen molar-refractivity contribution >= 4 is 22.9 Å². The number of rotatable bonds is 3. The lowest BCUT2D eigenvalue weighted by Crippen LogP contribution is -2.30. The van der Waals surface area contributed by atoms with Crippen LogP contribution in [0, 0.1) is 5.82 Å². The van der Waals surface area contributed by atoms with Crippen LogP contribution in [0.3, 0.4) is 0 Å². The van der Waals surface area contributed by atoms with Crippen molar-refractivity contribution in [2.75, 3.05) is 11.4 Å². The molecule has 5 heteroatoms. The molecule has 3 nitrogen and oxygen atoms in total. The fourth-order valence-electron chi connectivity index (χ4n) is 2.96. The molecule has 2 aromatic carbocycles. The molecule has 0 atom stereocenters. The highest BCUT2D eigenvalue weighted by Crippen LogP contribution is 2.29. The first-order valence-electron chi connectivity index (χ1n) is 7.79. The molecular formula is C19H15FN2OS. The Morgan fingerprint density at radius 3 is 2.79 bits per heavy atom. The number of benzene rings is 2. The second-order valence-corrected chi connectivity index (χ2v) is 6.61. The Kier molecular flexibility index (Phi) is 3.86. The van der Waals surface area contributed by atoms with Gasteiger partial charge in [0.2, 0.25) is 5.91 Å². The van der Waals surface area contributed by atoms with E-state index in [1.54, 1.807) is 12.1 Å². The lowest BCUT2D eigenvalue weighted by molar-refractivity contribution is -0.117. The third kappa shape index (κ3) is 2.83. The smallest absolute Gasteiger partial charge is 0.233 e. The minimum atomic E-state index is -0.265. The Morgan fingerprint density at radius 1 is 1.17 bits per heavy atom. The van der Waals surface area contributed by atoms with Crippen LogP contribution in [0.5, 0.6) is 0 Å². The lowest BCUT2D eigenvalue weighted by atomic mass is 10.2. The predicted molar refractivity (Wildman–Crippen MR) is 93.7 cm³/mol. The van der Waals surface area contributed by atoms with Crippen molar-refractivity contribution < 1.29 is 9.18 Å². The van der Waals surface area contributed by atoms with E-state index in [0.717, 1.165) is 34.9 Å². The van der Waals surface area contributed by atoms with Gasteiger partial charge in [-0.1, -0.05) is 18.2 Å². The fourth-order valence-corrected chi connectivity index (χ4v) is 3.79. The molecule has 0 fully saturated rings. The minimum Gasteiger partial charge on any atom is -0.311 e. The maximum atomic E-state index is 13.0. The van der Waals surface area contributed by atoms with E-state index in [1.165, 1.54) is 29.0 Å². The minimum absolute atomic E-state index is 0.0657. The summed E-state index contributed by atoms with van der Waals surface area (Å²) in [6, 6.07) is 14.3. The van der Waals surface area contributed by atoms with Crippen molar-refractivity contribution in [1.29, 1.82) is 0 Å². The first-order chi connectivity index (χ1) is 11.7. The topological polar surface area (TPSA) is 33.2 Å². The average Bonchev–Trinajstić information content (AvgIpc) is 3.22. The zero-order valence-corrected chi connectivity index (χ0v) is 13.7. The molecule has 4 rings (SSSR count). The number of aromatic nitrogens is 1. The van der Waals surface area contributed by atoms with Gasteiger partial charge in [0.25, 0.3) is 0 Å². The molecule has 1 aliphatic rings. The number of carbonyl (C=O) groups is 1. The fraction of sp³-hybridized carbons (Fsp3) is 0.158. The van der Waals surface area contributed by atoms with Gasteiger partial charge in [0.05, 0.1) is 12.1 Å². The van der Waals surface area contributed by atoms with Gasteiger partial charge in [0.15, 0.2) is 0 Å². The third-order valence-electron chi connectivity index (χ3n) is 4.16. The normalized spacial score (nSPS) is 13.1. The quantitative estimate of drug-likeness (QED) is 0.721. The Balaban J connectivity index is 1.50. The molecule has 24 heavy (non-hydrogen) atoms. The third-order valence-corrected chi connectivity index (χ3v) is 5.10. The van der Waals surface area contributed by atoms with Crippen molar-refractivity contribution in [1.82, 2.24) is 4.98 Å². The van der Waals surface area contributed by atoms with E-state index >= 15 is 0 Å². The number of carbonyl (C=O) groups excluding carboxylic acids is 1. The summed E-state index contributed by atoms with van der Waals surface area (Å²) in [6.07, 6.45) is 1.19. The molecule has 1 aliphatic heterocycles. The van der Waals surface area contributed by atoms with Gasteiger partial charge in [-0.05, 0) is 42.3 Å². The highest BCUT2D eigenvalue weighted by Gasteiger charge is 2.24. The first kappa shape index (κ1) is 15.0. The summed E-state index contributed by atoms with van der Waals surface area (Å²) in [5, 5.41) is 2.71. The maximum absolute atomic E-state index is 13.0. The van der Waals surface area contributed by atoms with Gasteiger partial charge in [-0.2, -0.15) is 0 Å². The van der Waals surface area contributed by atoms with Gasteiger partial charge >= 0.3 is 0 Å². The molecule has 0 bridgehead atoms.